The zero-order valence-corrected chi connectivity index (χ0v) is 28.3. The first kappa shape index (κ1) is 32.3. The van der Waals surface area contributed by atoms with Crippen molar-refractivity contribution in [3.63, 3.8) is 0 Å². The average molecular weight is 638 g/mol. The Kier molecular flexibility index (Phi) is 8.82. The maximum Gasteiger partial charge on any atom is 0.262 e. The van der Waals surface area contributed by atoms with Crippen molar-refractivity contribution in [1.29, 1.82) is 0 Å². The molecule has 8 heteroatoms. The molecule has 2 aromatic rings. The lowest BCUT2D eigenvalue weighted by molar-refractivity contribution is -0.120. The Labute approximate surface area is 270 Å². The third kappa shape index (κ3) is 6.34. The summed E-state index contributed by atoms with van der Waals surface area (Å²) < 4.78 is 5.81. The maximum absolute atomic E-state index is 13.9. The summed E-state index contributed by atoms with van der Waals surface area (Å²) in [6, 6.07) is 9.16. The molecule has 0 saturated carbocycles. The van der Waals surface area contributed by atoms with E-state index < -0.39 is 5.92 Å². The molecule has 0 saturated heterocycles. The molecule has 3 aliphatic rings. The van der Waals surface area contributed by atoms with Crippen LogP contribution in [0.5, 0.6) is 5.75 Å². The lowest BCUT2D eigenvalue weighted by Gasteiger charge is -2.49. The summed E-state index contributed by atoms with van der Waals surface area (Å²) in [5.74, 6) is -0.601. The van der Waals surface area contributed by atoms with E-state index in [9.17, 15) is 14.4 Å². The van der Waals surface area contributed by atoms with Gasteiger partial charge in [0.15, 0.2) is 23.9 Å². The number of amides is 1. The first-order valence-corrected chi connectivity index (χ1v) is 16.2. The van der Waals surface area contributed by atoms with Gasteiger partial charge >= 0.3 is 0 Å². The van der Waals surface area contributed by atoms with Crippen molar-refractivity contribution in [2.24, 2.45) is 10.8 Å². The van der Waals surface area contributed by atoms with Gasteiger partial charge in [-0.25, -0.2) is 0 Å². The Morgan fingerprint density at radius 1 is 0.886 bits per heavy atom. The van der Waals surface area contributed by atoms with Crippen molar-refractivity contribution in [3.8, 4) is 5.75 Å². The number of allylic oxidation sites excluding steroid dienone is 4. The Balaban J connectivity index is 1.52. The van der Waals surface area contributed by atoms with Crippen molar-refractivity contribution >= 4 is 46.4 Å². The molecule has 1 heterocycles. The van der Waals surface area contributed by atoms with E-state index in [1.807, 2.05) is 32.0 Å². The van der Waals surface area contributed by atoms with E-state index in [0.717, 1.165) is 48.3 Å². The number of anilines is 1. The summed E-state index contributed by atoms with van der Waals surface area (Å²) in [5.41, 5.74) is 6.57. The molecule has 2 aliphatic carbocycles. The lowest BCUT2D eigenvalue weighted by atomic mass is 9.63. The highest BCUT2D eigenvalue weighted by atomic mass is 35.5. The average Bonchev–Trinajstić information content (AvgIpc) is 2.89. The van der Waals surface area contributed by atoms with Gasteiger partial charge in [0.05, 0.1) is 10.0 Å². The molecule has 1 aliphatic heterocycles. The quantitative estimate of drug-likeness (QED) is 0.329. The number of ether oxygens (including phenoxy) is 1. The van der Waals surface area contributed by atoms with E-state index in [1.165, 1.54) is 0 Å². The second kappa shape index (κ2) is 12.0. The number of ketones is 2. The first-order valence-electron chi connectivity index (χ1n) is 15.4. The van der Waals surface area contributed by atoms with Crippen LogP contribution in [0.3, 0.4) is 0 Å². The van der Waals surface area contributed by atoms with E-state index in [4.69, 9.17) is 27.9 Å². The fraction of sp³-hybridized carbons (Fsp3) is 0.472. The summed E-state index contributed by atoms with van der Waals surface area (Å²) in [7, 11) is 0. The van der Waals surface area contributed by atoms with Crippen LogP contribution in [0.4, 0.5) is 5.69 Å². The van der Waals surface area contributed by atoms with Crippen molar-refractivity contribution < 1.29 is 19.1 Å². The minimum atomic E-state index is -0.558. The minimum Gasteiger partial charge on any atom is -0.481 e. The molecule has 234 valence electrons. The second-order valence-electron chi connectivity index (χ2n) is 14.1. The van der Waals surface area contributed by atoms with Gasteiger partial charge in [0.25, 0.3) is 5.91 Å². The molecule has 1 N–H and O–H groups in total. The Morgan fingerprint density at radius 2 is 1.43 bits per heavy atom. The fourth-order valence-electron chi connectivity index (χ4n) is 6.91. The largest absolute Gasteiger partial charge is 0.481 e. The summed E-state index contributed by atoms with van der Waals surface area (Å²) in [5, 5.41) is 3.28. The summed E-state index contributed by atoms with van der Waals surface area (Å²) in [4.78, 5) is 42.8. The molecule has 2 aromatic carbocycles. The maximum atomic E-state index is 13.9. The van der Waals surface area contributed by atoms with Gasteiger partial charge in [0.2, 0.25) is 0 Å². The van der Waals surface area contributed by atoms with Gasteiger partial charge < -0.3 is 15.0 Å². The van der Waals surface area contributed by atoms with Gasteiger partial charge in [-0.3, -0.25) is 14.4 Å². The number of benzene rings is 2. The van der Waals surface area contributed by atoms with Gasteiger partial charge in [0, 0.05) is 53.5 Å². The highest BCUT2D eigenvalue weighted by Crippen LogP contribution is 2.55. The number of nitrogens with zero attached hydrogens (tertiary/aromatic N) is 1. The highest BCUT2D eigenvalue weighted by molar-refractivity contribution is 6.37. The van der Waals surface area contributed by atoms with Crippen LogP contribution < -0.4 is 10.1 Å². The zero-order chi connectivity index (χ0) is 32.1. The topological polar surface area (TPSA) is 75.7 Å². The molecule has 0 bridgehead atoms. The van der Waals surface area contributed by atoms with Crippen LogP contribution in [0, 0.1) is 24.7 Å². The molecule has 5 rings (SSSR count). The molecule has 0 fully saturated rings. The van der Waals surface area contributed by atoms with E-state index in [2.05, 4.69) is 44.8 Å². The number of carbonyl (C=O) groups excluding carboxylic acids is 3. The Hall–Kier alpha value is -3.09. The van der Waals surface area contributed by atoms with E-state index in [1.54, 1.807) is 12.1 Å². The molecule has 0 unspecified atom stereocenters. The van der Waals surface area contributed by atoms with Crippen LogP contribution in [0.1, 0.15) is 89.3 Å². The molecular formula is C36H42Cl2N2O4. The molecule has 0 radical (unpaired) electrons. The zero-order valence-electron chi connectivity index (χ0n) is 26.7. The van der Waals surface area contributed by atoms with Crippen LogP contribution in [-0.2, 0) is 14.4 Å². The second-order valence-corrected chi connectivity index (χ2v) is 15.0. The van der Waals surface area contributed by atoms with Crippen molar-refractivity contribution in [2.45, 2.75) is 86.5 Å². The third-order valence-electron chi connectivity index (χ3n) is 8.96. The smallest absolute Gasteiger partial charge is 0.262 e. The van der Waals surface area contributed by atoms with Crippen LogP contribution in [0.25, 0.3) is 0 Å². The number of rotatable bonds is 7. The number of Topliss-reactive ketones (excluding diaryl/α,β-unsaturated/α-hetero) is 2. The number of hydrogen-bond acceptors (Lipinski definition) is 5. The van der Waals surface area contributed by atoms with Gasteiger partial charge in [-0.2, -0.15) is 0 Å². The summed E-state index contributed by atoms with van der Waals surface area (Å²) >= 11 is 13.5. The predicted molar refractivity (Wildman–Crippen MR) is 176 cm³/mol. The summed E-state index contributed by atoms with van der Waals surface area (Å²) in [6.07, 6.45) is 3.19. The standard InChI is InChI=1S/C36H42Cl2N2O4/c1-8-11-40-26-15-35(4,5)17-28(41)32(26)31(33-27(40)16-36(6,7)18-29(33)42)22-13-24(37)34(25(38)14-22)44-19-30(43)39-23-10-9-20(2)21(3)12-23/h9-10,12-14,31H,8,11,15-19H2,1-7H3,(H,39,43). The molecular weight excluding hydrogens is 595 g/mol. The molecule has 6 nitrogen and oxygen atoms in total. The van der Waals surface area contributed by atoms with E-state index in [0.29, 0.717) is 35.2 Å². The van der Waals surface area contributed by atoms with Crippen LogP contribution in [0.15, 0.2) is 52.9 Å². The SMILES string of the molecule is CCCN1C2=C(C(=O)CC(C)(C)C2)C(c2cc(Cl)c(OCC(=O)Nc3ccc(C)c(C)c3)c(Cl)c2)C2=C1CC(C)(C)CC2=O. The van der Waals surface area contributed by atoms with Crippen LogP contribution >= 0.6 is 23.2 Å². The van der Waals surface area contributed by atoms with E-state index in [-0.39, 0.29) is 50.7 Å². The molecule has 1 amide bonds. The number of halogens is 2. The lowest BCUT2D eigenvalue weighted by Crippen LogP contribution is -2.44. The fourth-order valence-corrected chi connectivity index (χ4v) is 7.53. The number of hydrogen-bond donors (Lipinski definition) is 1. The number of aryl methyl sites for hydroxylation is 2. The Bertz CT molecular complexity index is 1540. The van der Waals surface area contributed by atoms with Gasteiger partial charge in [-0.05, 0) is 84.9 Å². The molecule has 0 spiro atoms. The minimum absolute atomic E-state index is 0.0575. The number of carbonyl (C=O) groups is 3. The molecule has 0 aromatic heterocycles. The van der Waals surface area contributed by atoms with Crippen LogP contribution in [0.2, 0.25) is 10.0 Å². The first-order chi connectivity index (χ1) is 20.6. The normalized spacial score (nSPS) is 19.6. The predicted octanol–water partition coefficient (Wildman–Crippen LogP) is 8.72. The monoisotopic (exact) mass is 636 g/mol. The Morgan fingerprint density at radius 3 is 1.93 bits per heavy atom. The number of nitrogens with one attached hydrogen (secondary N) is 1. The van der Waals surface area contributed by atoms with E-state index >= 15 is 0 Å². The van der Waals surface area contributed by atoms with Crippen molar-refractivity contribution in [3.05, 3.63) is 79.6 Å². The van der Waals surface area contributed by atoms with Gasteiger partial charge in [-0.1, -0.05) is 63.9 Å². The summed E-state index contributed by atoms with van der Waals surface area (Å²) in [6.45, 7) is 15.1. The molecule has 44 heavy (non-hydrogen) atoms. The van der Waals surface area contributed by atoms with Crippen molar-refractivity contribution in [1.82, 2.24) is 4.90 Å². The highest BCUT2D eigenvalue weighted by Gasteiger charge is 2.49. The van der Waals surface area contributed by atoms with Gasteiger partial charge in [0.1, 0.15) is 0 Å². The van der Waals surface area contributed by atoms with Crippen molar-refractivity contribution in [2.75, 3.05) is 18.5 Å². The van der Waals surface area contributed by atoms with Crippen LogP contribution in [-0.4, -0.2) is 35.5 Å². The molecule has 0 atom stereocenters. The third-order valence-corrected chi connectivity index (χ3v) is 9.52. The van der Waals surface area contributed by atoms with Gasteiger partial charge in [-0.15, -0.1) is 0 Å².